The zero-order valence-corrected chi connectivity index (χ0v) is 8.56. The molecule has 0 aliphatic carbocycles. The van der Waals surface area contributed by atoms with Crippen molar-refractivity contribution >= 4 is 17.4 Å². The maximum Gasteiger partial charge on any atom is 0.259 e. The van der Waals surface area contributed by atoms with Gasteiger partial charge in [0.2, 0.25) is 0 Å². The third-order valence-electron chi connectivity index (χ3n) is 1.55. The van der Waals surface area contributed by atoms with Gasteiger partial charge in [0.05, 0.1) is 6.61 Å². The number of thiocarbonyl (C=S) groups is 1. The minimum Gasteiger partial charge on any atom is -0.471 e. The van der Waals surface area contributed by atoms with Crippen LogP contribution in [0.2, 0.25) is 0 Å². The van der Waals surface area contributed by atoms with E-state index in [0.29, 0.717) is 18.2 Å². The molecule has 0 fully saturated rings. The number of nitrogens with zero attached hydrogens (tertiary/aromatic N) is 1. The van der Waals surface area contributed by atoms with E-state index in [1.807, 2.05) is 18.7 Å². The first-order chi connectivity index (χ1) is 5.76. The summed E-state index contributed by atoms with van der Waals surface area (Å²) < 4.78 is 5.22. The van der Waals surface area contributed by atoms with Crippen molar-refractivity contribution in [3.63, 3.8) is 0 Å². The van der Waals surface area contributed by atoms with Crippen LogP contribution in [-0.2, 0) is 4.74 Å². The van der Waals surface area contributed by atoms with Crippen LogP contribution in [-0.4, -0.2) is 41.5 Å². The molecule has 0 amide bonds. The molecular weight excluding hydrogens is 174 g/mol. The first-order valence-corrected chi connectivity index (χ1v) is 4.69. The average molecular weight is 191 g/mol. The first kappa shape index (κ1) is 11.6. The van der Waals surface area contributed by atoms with E-state index in [1.54, 1.807) is 0 Å². The topological polar surface area (TPSA) is 32.7 Å². The number of hydrogen-bond donors (Lipinski definition) is 1. The van der Waals surface area contributed by atoms with Crippen molar-refractivity contribution in [3.8, 4) is 0 Å². The molecule has 0 aliphatic rings. The van der Waals surface area contributed by atoms with Gasteiger partial charge in [-0.15, -0.1) is 0 Å². The molecule has 0 saturated heterocycles. The Morgan fingerprint density at radius 3 is 2.42 bits per heavy atom. The molecular formula is C8H17NO2S. The summed E-state index contributed by atoms with van der Waals surface area (Å²) in [5.41, 5.74) is 0. The highest BCUT2D eigenvalue weighted by Gasteiger charge is 2.04. The summed E-state index contributed by atoms with van der Waals surface area (Å²) in [6.07, 6.45) is 0.640. The predicted octanol–water partition coefficient (Wildman–Crippen LogP) is 1.01. The summed E-state index contributed by atoms with van der Waals surface area (Å²) in [6, 6.07) is 0. The second kappa shape index (κ2) is 7.31. The molecule has 1 N–H and O–H groups in total. The molecule has 0 radical (unpaired) electrons. The van der Waals surface area contributed by atoms with Crippen molar-refractivity contribution < 1.29 is 9.84 Å². The van der Waals surface area contributed by atoms with Gasteiger partial charge in [-0.25, -0.2) is 0 Å². The highest BCUT2D eigenvalue weighted by Crippen LogP contribution is 1.94. The molecule has 72 valence electrons. The molecule has 0 saturated carbocycles. The lowest BCUT2D eigenvalue weighted by Crippen LogP contribution is -2.31. The summed E-state index contributed by atoms with van der Waals surface area (Å²) in [7, 11) is 0. The van der Waals surface area contributed by atoms with E-state index in [2.05, 4.69) is 0 Å². The summed E-state index contributed by atoms with van der Waals surface area (Å²) in [5.74, 6) is 0. The third kappa shape index (κ3) is 4.51. The van der Waals surface area contributed by atoms with Gasteiger partial charge in [0.25, 0.3) is 5.17 Å². The molecule has 0 heterocycles. The number of hydrogen-bond acceptors (Lipinski definition) is 3. The largest absolute Gasteiger partial charge is 0.471 e. The molecule has 0 rings (SSSR count). The third-order valence-corrected chi connectivity index (χ3v) is 1.93. The van der Waals surface area contributed by atoms with Gasteiger partial charge in [-0.1, -0.05) is 0 Å². The van der Waals surface area contributed by atoms with Crippen LogP contribution in [0.1, 0.15) is 20.3 Å². The van der Waals surface area contributed by atoms with Crippen LogP contribution in [0.5, 0.6) is 0 Å². The maximum atomic E-state index is 8.50. The van der Waals surface area contributed by atoms with Crippen molar-refractivity contribution in [2.45, 2.75) is 20.3 Å². The summed E-state index contributed by atoms with van der Waals surface area (Å²) in [6.45, 7) is 6.46. The molecule has 3 nitrogen and oxygen atoms in total. The standard InChI is InChI=1S/C8H17NO2S/c1-3-9(4-2)8(12)11-7-5-6-10/h10H,3-7H2,1-2H3. The molecule has 0 aromatic heterocycles. The van der Waals surface area contributed by atoms with Crippen LogP contribution in [0.4, 0.5) is 0 Å². The van der Waals surface area contributed by atoms with Crippen LogP contribution in [0.15, 0.2) is 0 Å². The Hall–Kier alpha value is -0.350. The quantitative estimate of drug-likeness (QED) is 0.519. The van der Waals surface area contributed by atoms with E-state index >= 15 is 0 Å². The van der Waals surface area contributed by atoms with Gasteiger partial charge < -0.3 is 14.7 Å². The smallest absolute Gasteiger partial charge is 0.259 e. The van der Waals surface area contributed by atoms with Crippen LogP contribution in [0.3, 0.4) is 0 Å². The zero-order chi connectivity index (χ0) is 9.40. The van der Waals surface area contributed by atoms with E-state index in [4.69, 9.17) is 22.1 Å². The monoisotopic (exact) mass is 191 g/mol. The Balaban J connectivity index is 3.54. The van der Waals surface area contributed by atoms with Crippen LogP contribution in [0, 0.1) is 0 Å². The second-order valence-electron chi connectivity index (χ2n) is 2.36. The van der Waals surface area contributed by atoms with Crippen molar-refractivity contribution in [3.05, 3.63) is 0 Å². The normalized spacial score (nSPS) is 9.58. The fraction of sp³-hybridized carbons (Fsp3) is 0.875. The van der Waals surface area contributed by atoms with Gasteiger partial charge in [-0.05, 0) is 26.1 Å². The molecule has 0 atom stereocenters. The van der Waals surface area contributed by atoms with E-state index in [0.717, 1.165) is 13.1 Å². The van der Waals surface area contributed by atoms with Crippen LogP contribution in [0.25, 0.3) is 0 Å². The number of aliphatic hydroxyl groups is 1. The molecule has 12 heavy (non-hydrogen) atoms. The highest BCUT2D eigenvalue weighted by atomic mass is 32.1. The Kier molecular flexibility index (Phi) is 7.09. The Labute approximate surface area is 79.3 Å². The van der Waals surface area contributed by atoms with Gasteiger partial charge in [-0.2, -0.15) is 0 Å². The fourth-order valence-electron chi connectivity index (χ4n) is 0.797. The zero-order valence-electron chi connectivity index (χ0n) is 7.75. The molecule has 4 heteroatoms. The SMILES string of the molecule is CCN(CC)C(=S)OCCCO. The summed E-state index contributed by atoms with van der Waals surface area (Å²) in [4.78, 5) is 1.96. The molecule has 0 unspecified atom stereocenters. The molecule has 0 spiro atoms. The minimum atomic E-state index is 0.154. The van der Waals surface area contributed by atoms with E-state index in [-0.39, 0.29) is 6.61 Å². The van der Waals surface area contributed by atoms with Gasteiger partial charge in [0.15, 0.2) is 0 Å². The minimum absolute atomic E-state index is 0.154. The Bertz CT molecular complexity index is 126. The number of rotatable bonds is 5. The number of aliphatic hydroxyl groups excluding tert-OH is 1. The lowest BCUT2D eigenvalue weighted by molar-refractivity contribution is 0.205. The predicted molar refractivity (Wildman–Crippen MR) is 53.2 cm³/mol. The first-order valence-electron chi connectivity index (χ1n) is 4.28. The van der Waals surface area contributed by atoms with Gasteiger partial charge in [0, 0.05) is 26.1 Å². The lowest BCUT2D eigenvalue weighted by atomic mass is 10.5. The van der Waals surface area contributed by atoms with E-state index in [1.165, 1.54) is 0 Å². The van der Waals surface area contributed by atoms with Crippen LogP contribution < -0.4 is 0 Å². The molecule has 0 bridgehead atoms. The van der Waals surface area contributed by atoms with Crippen LogP contribution >= 0.6 is 12.2 Å². The van der Waals surface area contributed by atoms with Gasteiger partial charge in [-0.3, -0.25) is 0 Å². The van der Waals surface area contributed by atoms with E-state index < -0.39 is 0 Å². The molecule has 0 aliphatic heterocycles. The second-order valence-corrected chi connectivity index (χ2v) is 2.71. The fourth-order valence-corrected chi connectivity index (χ4v) is 1.14. The highest BCUT2D eigenvalue weighted by molar-refractivity contribution is 7.80. The molecule has 0 aromatic rings. The van der Waals surface area contributed by atoms with Crippen molar-refractivity contribution in [1.29, 1.82) is 0 Å². The Morgan fingerprint density at radius 1 is 1.42 bits per heavy atom. The van der Waals surface area contributed by atoms with Crippen molar-refractivity contribution in [2.75, 3.05) is 26.3 Å². The van der Waals surface area contributed by atoms with Crippen molar-refractivity contribution in [1.82, 2.24) is 4.90 Å². The summed E-state index contributed by atoms with van der Waals surface area (Å²) in [5, 5.41) is 9.03. The maximum absolute atomic E-state index is 8.50. The van der Waals surface area contributed by atoms with Gasteiger partial charge >= 0.3 is 0 Å². The molecule has 0 aromatic carbocycles. The van der Waals surface area contributed by atoms with Crippen molar-refractivity contribution in [2.24, 2.45) is 0 Å². The Morgan fingerprint density at radius 2 is 2.00 bits per heavy atom. The lowest BCUT2D eigenvalue weighted by Gasteiger charge is -2.20. The summed E-state index contributed by atoms with van der Waals surface area (Å²) >= 11 is 5.01. The van der Waals surface area contributed by atoms with Gasteiger partial charge in [0.1, 0.15) is 0 Å². The average Bonchev–Trinajstić information content (AvgIpc) is 2.07. The van der Waals surface area contributed by atoms with E-state index in [9.17, 15) is 0 Å². The number of ether oxygens (including phenoxy) is 1.